The van der Waals surface area contributed by atoms with E-state index in [1.165, 1.54) is 12.1 Å². The summed E-state index contributed by atoms with van der Waals surface area (Å²) < 4.78 is 4.53. The van der Waals surface area contributed by atoms with E-state index >= 15 is 0 Å². The number of hydrogen-bond donors (Lipinski definition) is 0. The summed E-state index contributed by atoms with van der Waals surface area (Å²) in [6, 6.07) is 4.47. The molecule has 2 rings (SSSR count). The quantitative estimate of drug-likeness (QED) is 0.627. The lowest BCUT2D eigenvalue weighted by molar-refractivity contribution is -0.383. The summed E-state index contributed by atoms with van der Waals surface area (Å²) in [6.07, 6.45) is 0. The molecule has 8 heteroatoms. The number of carbonyl (C=O) groups is 1. The fraction of sp³-hybridized carbons (Fsp3) is 0.385. The van der Waals surface area contributed by atoms with Crippen LogP contribution in [0.1, 0.15) is 32.3 Å². The lowest BCUT2D eigenvalue weighted by Gasteiger charge is -2.20. The number of aromatic nitrogens is 2. The molecule has 0 aliphatic heterocycles. The normalized spacial score (nSPS) is 12.9. The molecule has 1 atom stereocenters. The van der Waals surface area contributed by atoms with Crippen LogP contribution in [-0.2, 0) is 4.79 Å². The van der Waals surface area contributed by atoms with Crippen molar-refractivity contribution < 1.29 is 14.3 Å². The van der Waals surface area contributed by atoms with E-state index in [4.69, 9.17) is 0 Å². The van der Waals surface area contributed by atoms with Crippen LogP contribution >= 0.6 is 0 Å². The van der Waals surface area contributed by atoms with Crippen molar-refractivity contribution in [1.82, 2.24) is 10.3 Å². The lowest BCUT2D eigenvalue weighted by Crippen LogP contribution is -2.26. The Labute approximate surface area is 119 Å². The summed E-state index contributed by atoms with van der Waals surface area (Å²) in [5.41, 5.74) is -0.756. The molecule has 0 radical (unpaired) electrons. The third-order valence-corrected chi connectivity index (χ3v) is 3.06. The summed E-state index contributed by atoms with van der Waals surface area (Å²) in [5.74, 6) is -1.39. The zero-order chi connectivity index (χ0) is 15.8. The first-order valence-corrected chi connectivity index (χ1v) is 6.11. The van der Waals surface area contributed by atoms with Gasteiger partial charge in [0.15, 0.2) is 5.78 Å². The van der Waals surface area contributed by atoms with Gasteiger partial charge in [-0.05, 0) is 16.4 Å². The summed E-state index contributed by atoms with van der Waals surface area (Å²) in [6.45, 7) is 5.09. The van der Waals surface area contributed by atoms with Crippen molar-refractivity contribution in [2.75, 3.05) is 0 Å². The van der Waals surface area contributed by atoms with Gasteiger partial charge < -0.3 is 0 Å². The average Bonchev–Trinajstić information content (AvgIpc) is 2.87. The van der Waals surface area contributed by atoms with E-state index in [-0.39, 0.29) is 28.1 Å². The number of nitriles is 1. The number of benzene rings is 1. The van der Waals surface area contributed by atoms with Crippen molar-refractivity contribution in [3.63, 3.8) is 0 Å². The molecule has 0 saturated carbocycles. The van der Waals surface area contributed by atoms with Crippen molar-refractivity contribution in [2.24, 2.45) is 5.41 Å². The molecule has 1 aromatic heterocycles. The van der Waals surface area contributed by atoms with Crippen LogP contribution in [0.3, 0.4) is 0 Å². The maximum atomic E-state index is 12.3. The largest absolute Gasteiger partial charge is 0.300 e. The van der Waals surface area contributed by atoms with Crippen LogP contribution in [0.5, 0.6) is 0 Å². The number of Topliss-reactive ketones (excluding diaryl/α,β-unsaturated/α-hetero) is 1. The second kappa shape index (κ2) is 4.94. The Morgan fingerprint density at radius 3 is 2.52 bits per heavy atom. The molecule has 0 amide bonds. The molecule has 1 heterocycles. The Bertz CT molecular complexity index is 767. The van der Waals surface area contributed by atoms with E-state index in [9.17, 15) is 20.2 Å². The molecule has 0 spiro atoms. The van der Waals surface area contributed by atoms with Crippen molar-refractivity contribution in [2.45, 2.75) is 26.7 Å². The Morgan fingerprint density at radius 2 is 2.00 bits per heavy atom. The van der Waals surface area contributed by atoms with Crippen molar-refractivity contribution in [1.29, 1.82) is 5.26 Å². The molecule has 0 saturated heterocycles. The molecule has 1 unspecified atom stereocenters. The van der Waals surface area contributed by atoms with Gasteiger partial charge in [-0.2, -0.15) is 5.26 Å². The average molecular weight is 288 g/mol. The van der Waals surface area contributed by atoms with Crippen LogP contribution in [0.2, 0.25) is 0 Å². The lowest BCUT2D eigenvalue weighted by atomic mass is 9.80. The molecule has 2 aromatic rings. The minimum atomic E-state index is -1.08. The first-order valence-electron chi connectivity index (χ1n) is 6.11. The SMILES string of the molecule is CC(C)(C)C(=O)C(C#N)c1ccc([N+](=O)[O-])c2nonc12. The van der Waals surface area contributed by atoms with Crippen LogP contribution in [0.15, 0.2) is 16.8 Å². The third kappa shape index (κ3) is 2.45. The van der Waals surface area contributed by atoms with E-state index in [1.807, 2.05) is 6.07 Å². The molecule has 0 aliphatic carbocycles. The molecule has 0 bridgehead atoms. The van der Waals surface area contributed by atoms with Crippen molar-refractivity contribution >= 4 is 22.5 Å². The standard InChI is InChI=1S/C13H12N4O4/c1-13(2,3)12(18)8(6-14)7-4-5-9(17(19)20)11-10(7)15-21-16-11/h4-5,8H,1-3H3. The molecule has 108 valence electrons. The van der Waals surface area contributed by atoms with E-state index in [0.717, 1.165) is 0 Å². The number of nitro benzene ring substituents is 1. The van der Waals surface area contributed by atoms with Gasteiger partial charge in [-0.3, -0.25) is 14.9 Å². The van der Waals surface area contributed by atoms with Gasteiger partial charge >= 0.3 is 5.69 Å². The Balaban J connectivity index is 2.65. The third-order valence-electron chi connectivity index (χ3n) is 3.06. The summed E-state index contributed by atoms with van der Waals surface area (Å²) in [5, 5.41) is 27.3. The highest BCUT2D eigenvalue weighted by molar-refractivity contribution is 5.97. The second-order valence-electron chi connectivity index (χ2n) is 5.57. The number of fused-ring (bicyclic) bond motifs is 1. The van der Waals surface area contributed by atoms with Gasteiger partial charge in [0.2, 0.25) is 5.52 Å². The number of nitrogens with zero attached hydrogens (tertiary/aromatic N) is 4. The molecule has 0 N–H and O–H groups in total. The van der Waals surface area contributed by atoms with E-state index in [0.29, 0.717) is 0 Å². The Hall–Kier alpha value is -2.82. The van der Waals surface area contributed by atoms with Gasteiger partial charge in [0, 0.05) is 17.0 Å². The van der Waals surface area contributed by atoms with Gasteiger partial charge in [0.1, 0.15) is 11.4 Å². The van der Waals surface area contributed by atoms with Gasteiger partial charge in [-0.25, -0.2) is 4.63 Å². The van der Waals surface area contributed by atoms with Crippen LogP contribution in [0.4, 0.5) is 5.69 Å². The molecule has 0 aliphatic rings. The first kappa shape index (κ1) is 14.6. The number of non-ortho nitro benzene ring substituents is 1. The Morgan fingerprint density at radius 1 is 1.38 bits per heavy atom. The van der Waals surface area contributed by atoms with E-state index < -0.39 is 16.3 Å². The van der Waals surface area contributed by atoms with Crippen molar-refractivity contribution in [3.05, 3.63) is 27.8 Å². The molecular weight excluding hydrogens is 276 g/mol. The maximum Gasteiger partial charge on any atom is 0.300 e. The van der Waals surface area contributed by atoms with Crippen LogP contribution < -0.4 is 0 Å². The number of nitro groups is 1. The molecule has 1 aromatic carbocycles. The molecule has 0 fully saturated rings. The smallest absolute Gasteiger partial charge is 0.297 e. The Kier molecular flexibility index (Phi) is 3.43. The van der Waals surface area contributed by atoms with Gasteiger partial charge in [0.05, 0.1) is 11.0 Å². The predicted octanol–water partition coefficient (Wildman–Crippen LogP) is 2.35. The number of hydrogen-bond acceptors (Lipinski definition) is 7. The highest BCUT2D eigenvalue weighted by atomic mass is 16.6. The fourth-order valence-corrected chi connectivity index (χ4v) is 1.96. The highest BCUT2D eigenvalue weighted by Crippen LogP contribution is 2.33. The van der Waals surface area contributed by atoms with Crippen LogP contribution in [-0.4, -0.2) is 21.0 Å². The van der Waals surface area contributed by atoms with E-state index in [2.05, 4.69) is 14.9 Å². The number of carbonyl (C=O) groups excluding carboxylic acids is 1. The zero-order valence-electron chi connectivity index (χ0n) is 11.7. The first-order chi connectivity index (χ1) is 9.77. The predicted molar refractivity (Wildman–Crippen MR) is 71.3 cm³/mol. The summed E-state index contributed by atoms with van der Waals surface area (Å²) in [4.78, 5) is 22.6. The minimum Gasteiger partial charge on any atom is -0.297 e. The van der Waals surface area contributed by atoms with Crippen LogP contribution in [0.25, 0.3) is 11.0 Å². The number of ketones is 1. The minimum absolute atomic E-state index is 0.0633. The molecule has 21 heavy (non-hydrogen) atoms. The fourth-order valence-electron chi connectivity index (χ4n) is 1.96. The topological polar surface area (TPSA) is 123 Å². The van der Waals surface area contributed by atoms with Gasteiger partial charge in [0.25, 0.3) is 0 Å². The summed E-state index contributed by atoms with van der Waals surface area (Å²) in [7, 11) is 0. The van der Waals surface area contributed by atoms with Gasteiger partial charge in [-0.1, -0.05) is 20.8 Å². The van der Waals surface area contributed by atoms with Crippen molar-refractivity contribution in [3.8, 4) is 6.07 Å². The van der Waals surface area contributed by atoms with Crippen LogP contribution in [0, 0.1) is 26.9 Å². The second-order valence-corrected chi connectivity index (χ2v) is 5.57. The molecular formula is C13H12N4O4. The number of rotatable bonds is 3. The summed E-state index contributed by atoms with van der Waals surface area (Å²) >= 11 is 0. The highest BCUT2D eigenvalue weighted by Gasteiger charge is 2.34. The van der Waals surface area contributed by atoms with E-state index in [1.54, 1.807) is 20.8 Å². The maximum absolute atomic E-state index is 12.3. The molecule has 8 nitrogen and oxygen atoms in total. The zero-order valence-corrected chi connectivity index (χ0v) is 11.7. The monoisotopic (exact) mass is 288 g/mol. The van der Waals surface area contributed by atoms with Gasteiger partial charge in [-0.15, -0.1) is 0 Å².